The van der Waals surface area contributed by atoms with Gasteiger partial charge in [-0.15, -0.1) is 0 Å². The minimum atomic E-state index is -1.18. The van der Waals surface area contributed by atoms with Crippen LogP contribution in [-0.2, 0) is 19.1 Å². The number of Topliss-reactive ketones (excluding diaryl/α,β-unsaturated/α-hetero) is 2. The Morgan fingerprint density at radius 2 is 2.21 bits per heavy atom. The molecule has 0 aromatic heterocycles. The van der Waals surface area contributed by atoms with Gasteiger partial charge in [0.05, 0.1) is 6.42 Å². The monoisotopic (exact) mass is 264 g/mol. The maximum atomic E-state index is 12.2. The van der Waals surface area contributed by atoms with Gasteiger partial charge in [0.25, 0.3) is 0 Å². The molecule has 4 nitrogen and oxygen atoms in total. The molecule has 0 N–H and O–H groups in total. The van der Waals surface area contributed by atoms with Crippen LogP contribution in [0.4, 0.5) is 0 Å². The number of carbonyl (C=O) groups excluding carboxylic acids is 3. The van der Waals surface area contributed by atoms with E-state index in [4.69, 9.17) is 4.74 Å². The van der Waals surface area contributed by atoms with Gasteiger partial charge >= 0.3 is 5.97 Å². The molecule has 1 spiro atoms. The Morgan fingerprint density at radius 1 is 1.42 bits per heavy atom. The van der Waals surface area contributed by atoms with E-state index < -0.39 is 17.5 Å². The fraction of sp³-hybridized carbons (Fsp3) is 0.667. The van der Waals surface area contributed by atoms with Crippen LogP contribution in [0, 0.1) is 5.92 Å². The minimum Gasteiger partial charge on any atom is -0.453 e. The zero-order valence-electron chi connectivity index (χ0n) is 11.3. The first-order valence-electron chi connectivity index (χ1n) is 7.04. The molecule has 104 valence electrons. The molecule has 19 heavy (non-hydrogen) atoms. The highest BCUT2D eigenvalue weighted by molar-refractivity contribution is 6.18. The highest BCUT2D eigenvalue weighted by Crippen LogP contribution is 2.35. The van der Waals surface area contributed by atoms with Crippen molar-refractivity contribution < 1.29 is 19.1 Å². The number of carbonyl (C=O) groups is 3. The molecule has 1 saturated heterocycles. The normalized spacial score (nSPS) is 31.1. The van der Waals surface area contributed by atoms with Gasteiger partial charge in [-0.2, -0.15) is 0 Å². The summed E-state index contributed by atoms with van der Waals surface area (Å²) in [6.07, 6.45) is 8.47. The first-order valence-corrected chi connectivity index (χ1v) is 7.04. The Hall–Kier alpha value is -1.45. The van der Waals surface area contributed by atoms with Crippen molar-refractivity contribution in [1.29, 1.82) is 0 Å². The van der Waals surface area contributed by atoms with Gasteiger partial charge in [-0.3, -0.25) is 14.4 Å². The van der Waals surface area contributed by atoms with Crippen LogP contribution in [0.5, 0.6) is 0 Å². The van der Waals surface area contributed by atoms with E-state index in [2.05, 4.69) is 0 Å². The average molecular weight is 264 g/mol. The smallest absolute Gasteiger partial charge is 0.325 e. The van der Waals surface area contributed by atoms with Crippen LogP contribution in [0.1, 0.15) is 51.9 Å². The molecule has 1 aliphatic carbocycles. The summed E-state index contributed by atoms with van der Waals surface area (Å²) in [5.74, 6) is -2.41. The second kappa shape index (κ2) is 5.68. The van der Waals surface area contributed by atoms with Crippen molar-refractivity contribution in [1.82, 2.24) is 0 Å². The zero-order valence-corrected chi connectivity index (χ0v) is 11.3. The predicted octanol–water partition coefficient (Wildman–Crippen LogP) is 2.36. The third kappa shape index (κ3) is 2.94. The number of esters is 1. The largest absolute Gasteiger partial charge is 0.453 e. The number of hydrogen-bond donors (Lipinski definition) is 0. The van der Waals surface area contributed by atoms with Gasteiger partial charge in [-0.25, -0.2) is 0 Å². The second-order valence-electron chi connectivity index (χ2n) is 5.43. The summed E-state index contributed by atoms with van der Waals surface area (Å²) in [4.78, 5) is 36.0. The molecular weight excluding hydrogens is 244 g/mol. The zero-order chi connectivity index (χ0) is 13.9. The molecule has 2 rings (SSSR count). The van der Waals surface area contributed by atoms with Crippen molar-refractivity contribution in [3.63, 3.8) is 0 Å². The van der Waals surface area contributed by atoms with E-state index in [0.29, 0.717) is 12.8 Å². The van der Waals surface area contributed by atoms with Crippen molar-refractivity contribution in [2.24, 2.45) is 5.92 Å². The fourth-order valence-corrected chi connectivity index (χ4v) is 2.83. The molecule has 0 bridgehead atoms. The molecule has 1 heterocycles. The summed E-state index contributed by atoms with van der Waals surface area (Å²) < 4.78 is 5.48. The lowest BCUT2D eigenvalue weighted by atomic mass is 9.82. The number of hydrogen-bond acceptors (Lipinski definition) is 4. The molecule has 0 aromatic rings. The molecule has 2 unspecified atom stereocenters. The summed E-state index contributed by atoms with van der Waals surface area (Å²) in [7, 11) is 0. The average Bonchev–Trinajstić information content (AvgIpc) is 2.54. The lowest BCUT2D eigenvalue weighted by Gasteiger charge is -2.35. The second-order valence-corrected chi connectivity index (χ2v) is 5.43. The summed E-state index contributed by atoms with van der Waals surface area (Å²) in [6.45, 7) is 1.85. The van der Waals surface area contributed by atoms with Crippen molar-refractivity contribution >= 4 is 17.5 Å². The highest BCUT2D eigenvalue weighted by Gasteiger charge is 2.47. The van der Waals surface area contributed by atoms with E-state index >= 15 is 0 Å². The van der Waals surface area contributed by atoms with E-state index in [-0.39, 0.29) is 24.4 Å². The Kier molecular flexibility index (Phi) is 4.17. The maximum Gasteiger partial charge on any atom is 0.325 e. The third-order valence-electron chi connectivity index (χ3n) is 3.80. The fourth-order valence-electron chi connectivity index (χ4n) is 2.83. The molecular formula is C15H20O4. The van der Waals surface area contributed by atoms with Gasteiger partial charge in [0.15, 0.2) is 17.5 Å². The van der Waals surface area contributed by atoms with Gasteiger partial charge in [0.2, 0.25) is 0 Å². The lowest BCUT2D eigenvalue weighted by molar-refractivity contribution is -0.174. The minimum absolute atomic E-state index is 0.148. The van der Waals surface area contributed by atoms with E-state index in [1.54, 1.807) is 0 Å². The number of allylic oxidation sites excluding steroid dienone is 1. The van der Waals surface area contributed by atoms with Crippen LogP contribution in [-0.4, -0.2) is 23.1 Å². The summed E-state index contributed by atoms with van der Waals surface area (Å²) >= 11 is 0. The van der Waals surface area contributed by atoms with Gasteiger partial charge in [0, 0.05) is 6.42 Å². The third-order valence-corrected chi connectivity index (χ3v) is 3.80. The molecule has 2 aliphatic rings. The topological polar surface area (TPSA) is 60.4 Å². The molecule has 1 aliphatic heterocycles. The molecule has 0 aromatic carbocycles. The Balaban J connectivity index is 2.15. The predicted molar refractivity (Wildman–Crippen MR) is 69.5 cm³/mol. The van der Waals surface area contributed by atoms with E-state index in [1.165, 1.54) is 0 Å². The van der Waals surface area contributed by atoms with Gasteiger partial charge in [-0.05, 0) is 38.2 Å². The molecule has 4 heteroatoms. The van der Waals surface area contributed by atoms with Crippen molar-refractivity contribution in [3.8, 4) is 0 Å². The number of ether oxygens (including phenoxy) is 1. The van der Waals surface area contributed by atoms with Gasteiger partial charge in [0.1, 0.15) is 5.60 Å². The molecule has 0 amide bonds. The van der Waals surface area contributed by atoms with Crippen molar-refractivity contribution in [3.05, 3.63) is 12.2 Å². The van der Waals surface area contributed by atoms with Crippen LogP contribution < -0.4 is 0 Å². The Morgan fingerprint density at radius 3 is 2.89 bits per heavy atom. The van der Waals surface area contributed by atoms with E-state index in [0.717, 1.165) is 19.3 Å². The lowest BCUT2D eigenvalue weighted by Crippen LogP contribution is -2.48. The number of rotatable bonds is 3. The van der Waals surface area contributed by atoms with Gasteiger partial charge in [-0.1, -0.05) is 13.0 Å². The molecule has 1 fully saturated rings. The van der Waals surface area contributed by atoms with Gasteiger partial charge < -0.3 is 4.74 Å². The van der Waals surface area contributed by atoms with Crippen LogP contribution in [0.15, 0.2) is 12.2 Å². The standard InChI is InChI=1S/C15H20O4/c1-2-7-11(16)13-12(17)10-15(19-14(13)18)8-5-3-4-6-9-15/h5,8,13H,2-4,6-7,9-10H2,1H3. The van der Waals surface area contributed by atoms with E-state index in [1.807, 2.05) is 19.1 Å². The molecule has 0 saturated carbocycles. The van der Waals surface area contributed by atoms with Crippen molar-refractivity contribution in [2.45, 2.75) is 57.5 Å². The molecule has 0 radical (unpaired) electrons. The van der Waals surface area contributed by atoms with Crippen LogP contribution in [0.3, 0.4) is 0 Å². The van der Waals surface area contributed by atoms with Crippen LogP contribution >= 0.6 is 0 Å². The maximum absolute atomic E-state index is 12.2. The highest BCUT2D eigenvalue weighted by atomic mass is 16.6. The van der Waals surface area contributed by atoms with Crippen LogP contribution in [0.2, 0.25) is 0 Å². The summed E-state index contributed by atoms with van der Waals surface area (Å²) in [6, 6.07) is 0. The van der Waals surface area contributed by atoms with E-state index in [9.17, 15) is 14.4 Å². The molecule has 2 atom stereocenters. The first-order chi connectivity index (χ1) is 9.08. The SMILES string of the molecule is CCCC(=O)C1C(=O)CC2(C=CCCCC2)OC1=O. The van der Waals surface area contributed by atoms with Crippen molar-refractivity contribution in [2.75, 3.05) is 0 Å². The van der Waals surface area contributed by atoms with Crippen LogP contribution in [0.25, 0.3) is 0 Å². The summed E-state index contributed by atoms with van der Waals surface area (Å²) in [5.41, 5.74) is -0.784. The Labute approximate surface area is 113 Å². The summed E-state index contributed by atoms with van der Waals surface area (Å²) in [5, 5.41) is 0. The Bertz CT molecular complexity index is 404. The first kappa shape index (κ1) is 14.0. The quantitative estimate of drug-likeness (QED) is 0.446. The number of ketones is 2.